The number of nitrogens with zero attached hydrogens (tertiary/aromatic N) is 3. The number of anilines is 1. The molecule has 0 fully saturated rings. The second-order valence-corrected chi connectivity index (χ2v) is 10.6. The molecule has 0 unspecified atom stereocenters. The summed E-state index contributed by atoms with van der Waals surface area (Å²) in [5, 5.41) is 6.86. The molecular weight excluding hydrogens is 559 g/mol. The lowest BCUT2D eigenvalue weighted by Crippen LogP contribution is -2.20. The van der Waals surface area contributed by atoms with Crippen LogP contribution in [-0.4, -0.2) is 26.4 Å². The van der Waals surface area contributed by atoms with Gasteiger partial charge in [-0.15, -0.1) is 11.3 Å². The first-order valence-corrected chi connectivity index (χ1v) is 12.6. The van der Waals surface area contributed by atoms with E-state index in [9.17, 15) is 22.8 Å². The molecule has 4 aromatic rings. The van der Waals surface area contributed by atoms with Gasteiger partial charge < -0.3 is 11.1 Å². The van der Waals surface area contributed by atoms with Crippen LogP contribution in [0.2, 0.25) is 0 Å². The van der Waals surface area contributed by atoms with E-state index >= 15 is 0 Å². The molecule has 0 saturated carbocycles. The van der Waals surface area contributed by atoms with E-state index < -0.39 is 23.7 Å². The smallest absolute Gasteiger partial charge is 0.365 e. The summed E-state index contributed by atoms with van der Waals surface area (Å²) in [7, 11) is 0. The minimum absolute atomic E-state index is 0.00107. The maximum absolute atomic E-state index is 14.0. The van der Waals surface area contributed by atoms with Gasteiger partial charge in [-0.1, -0.05) is 37.3 Å². The number of hydrogen-bond donors (Lipinski definition) is 2. The van der Waals surface area contributed by atoms with E-state index in [-0.39, 0.29) is 32.1 Å². The summed E-state index contributed by atoms with van der Waals surface area (Å²) in [6.45, 7) is 2.10. The first-order valence-electron chi connectivity index (χ1n) is 11.0. The Balaban J connectivity index is 1.59. The fourth-order valence-electron chi connectivity index (χ4n) is 4.36. The monoisotopic (exact) mass is 577 g/mol. The second kappa shape index (κ2) is 9.00. The number of nitrogens with one attached hydrogen (secondary N) is 1. The number of aromatic nitrogens is 3. The number of primary amides is 1. The fraction of sp³-hybridized carbons (Fsp3) is 0.250. The standard InChI is InChI=1S/C24H19BrF3N5O2S/c1-11-7-8-13-15(9-11)36-23(17(13)20(29)34)31-22(35)19-18(25)21-30-14(12-5-3-2-4-6-12)10-16(24(26,27)28)33(21)32-19/h2-6,10-11H,7-9H2,1H3,(H2,29,34)(H,31,35)/t11-/m0/s1. The lowest BCUT2D eigenvalue weighted by molar-refractivity contribution is -0.142. The van der Waals surface area contributed by atoms with Crippen LogP contribution in [0.1, 0.15) is 50.3 Å². The Morgan fingerprint density at radius 3 is 2.64 bits per heavy atom. The molecule has 3 aromatic heterocycles. The number of nitrogens with two attached hydrogens (primary N) is 1. The van der Waals surface area contributed by atoms with E-state index in [4.69, 9.17) is 5.73 Å². The van der Waals surface area contributed by atoms with Gasteiger partial charge in [0, 0.05) is 10.4 Å². The largest absolute Gasteiger partial charge is 0.433 e. The summed E-state index contributed by atoms with van der Waals surface area (Å²) >= 11 is 4.48. The minimum Gasteiger partial charge on any atom is -0.365 e. The number of benzene rings is 1. The summed E-state index contributed by atoms with van der Waals surface area (Å²) in [4.78, 5) is 30.7. The van der Waals surface area contributed by atoms with Gasteiger partial charge in [0.15, 0.2) is 17.0 Å². The molecule has 0 spiro atoms. The van der Waals surface area contributed by atoms with Crippen LogP contribution in [0.5, 0.6) is 0 Å². The van der Waals surface area contributed by atoms with Crippen LogP contribution < -0.4 is 11.1 Å². The van der Waals surface area contributed by atoms with Crippen molar-refractivity contribution >= 4 is 49.7 Å². The van der Waals surface area contributed by atoms with Crippen LogP contribution in [0.15, 0.2) is 40.9 Å². The zero-order valence-electron chi connectivity index (χ0n) is 18.8. The van der Waals surface area contributed by atoms with Crippen LogP contribution in [0.25, 0.3) is 16.9 Å². The molecule has 3 N–H and O–H groups in total. The molecule has 0 aliphatic heterocycles. The van der Waals surface area contributed by atoms with Crippen molar-refractivity contribution in [1.82, 2.24) is 14.6 Å². The van der Waals surface area contributed by atoms with Gasteiger partial charge >= 0.3 is 6.18 Å². The van der Waals surface area contributed by atoms with Crippen LogP contribution in [0, 0.1) is 5.92 Å². The highest BCUT2D eigenvalue weighted by molar-refractivity contribution is 9.10. The summed E-state index contributed by atoms with van der Waals surface area (Å²) < 4.78 is 42.5. The Hall–Kier alpha value is -3.25. The average Bonchev–Trinajstić information content (AvgIpc) is 3.35. The SMILES string of the molecule is C[C@H]1CCc2c(sc(NC(=O)c3nn4c(C(F)(F)F)cc(-c5ccccc5)nc4c3Br)c2C(N)=O)C1. The number of thiophene rings is 1. The Bertz CT molecular complexity index is 1510. The molecule has 2 amide bonds. The third-order valence-electron chi connectivity index (χ3n) is 6.09. The van der Waals surface area contributed by atoms with Crippen molar-refractivity contribution in [3.05, 3.63) is 68.3 Å². The Labute approximate surface area is 215 Å². The predicted molar refractivity (Wildman–Crippen MR) is 133 cm³/mol. The summed E-state index contributed by atoms with van der Waals surface area (Å²) in [6, 6.07) is 9.30. The second-order valence-electron chi connectivity index (χ2n) is 8.66. The first-order chi connectivity index (χ1) is 17.0. The molecular formula is C24H19BrF3N5O2S. The maximum Gasteiger partial charge on any atom is 0.433 e. The van der Waals surface area contributed by atoms with Gasteiger partial charge in [0.1, 0.15) is 5.00 Å². The fourth-order valence-corrected chi connectivity index (χ4v) is 6.28. The van der Waals surface area contributed by atoms with Crippen LogP contribution in [-0.2, 0) is 19.0 Å². The molecule has 0 bridgehead atoms. The van der Waals surface area contributed by atoms with Gasteiger partial charge in [-0.25, -0.2) is 9.50 Å². The van der Waals surface area contributed by atoms with E-state index in [0.29, 0.717) is 22.4 Å². The van der Waals surface area contributed by atoms with Crippen LogP contribution >= 0.6 is 27.3 Å². The number of amides is 2. The number of carbonyl (C=O) groups is 2. The average molecular weight is 578 g/mol. The molecule has 0 radical (unpaired) electrons. The van der Waals surface area contributed by atoms with Gasteiger partial charge in [0.25, 0.3) is 11.8 Å². The number of rotatable bonds is 4. The van der Waals surface area contributed by atoms with Gasteiger partial charge in [-0.3, -0.25) is 9.59 Å². The van der Waals surface area contributed by atoms with E-state index in [1.807, 2.05) is 0 Å². The van der Waals surface area contributed by atoms with Crippen molar-refractivity contribution in [1.29, 1.82) is 0 Å². The Kier molecular flexibility index (Phi) is 6.11. The lowest BCUT2D eigenvalue weighted by Gasteiger charge is -2.18. The third-order valence-corrected chi connectivity index (χ3v) is 7.99. The summed E-state index contributed by atoms with van der Waals surface area (Å²) in [6.07, 6.45) is -2.44. The van der Waals surface area contributed by atoms with Gasteiger partial charge in [0.2, 0.25) is 0 Å². The molecule has 1 aliphatic rings. The highest BCUT2D eigenvalue weighted by Gasteiger charge is 2.37. The van der Waals surface area contributed by atoms with Gasteiger partial charge in [0.05, 0.1) is 15.7 Å². The summed E-state index contributed by atoms with van der Waals surface area (Å²) in [5.74, 6) is -1.02. The van der Waals surface area contributed by atoms with Crippen molar-refractivity contribution in [2.75, 3.05) is 5.32 Å². The number of alkyl halides is 3. The van der Waals surface area contributed by atoms with E-state index in [1.165, 1.54) is 11.3 Å². The van der Waals surface area contributed by atoms with E-state index in [0.717, 1.165) is 29.3 Å². The lowest BCUT2D eigenvalue weighted by atomic mass is 9.88. The van der Waals surface area contributed by atoms with Crippen LogP contribution in [0.3, 0.4) is 0 Å². The molecule has 3 heterocycles. The molecule has 5 rings (SSSR count). The van der Waals surface area contributed by atoms with Crippen molar-refractivity contribution in [3.63, 3.8) is 0 Å². The predicted octanol–water partition coefficient (Wildman–Crippen LogP) is 5.72. The molecule has 0 saturated heterocycles. The number of fused-ring (bicyclic) bond motifs is 2. The topological polar surface area (TPSA) is 102 Å². The first kappa shape index (κ1) is 24.4. The number of carbonyl (C=O) groups excluding carboxylic acids is 2. The molecule has 1 aromatic carbocycles. The molecule has 1 atom stereocenters. The van der Waals surface area contributed by atoms with Crippen LogP contribution in [0.4, 0.5) is 18.2 Å². The number of halogens is 4. The van der Waals surface area contributed by atoms with Gasteiger partial charge in [-0.2, -0.15) is 18.3 Å². The van der Waals surface area contributed by atoms with E-state index in [1.54, 1.807) is 30.3 Å². The zero-order chi connectivity index (χ0) is 25.8. The normalized spacial score (nSPS) is 15.6. The van der Waals surface area contributed by atoms with Crippen molar-refractivity contribution in [2.45, 2.75) is 32.4 Å². The Morgan fingerprint density at radius 2 is 1.97 bits per heavy atom. The highest BCUT2D eigenvalue weighted by atomic mass is 79.9. The molecule has 12 heteroatoms. The van der Waals surface area contributed by atoms with E-state index in [2.05, 4.69) is 38.3 Å². The summed E-state index contributed by atoms with van der Waals surface area (Å²) in [5.41, 5.74) is 5.71. The Morgan fingerprint density at radius 1 is 1.25 bits per heavy atom. The van der Waals surface area contributed by atoms with Gasteiger partial charge in [-0.05, 0) is 52.7 Å². The molecule has 36 heavy (non-hydrogen) atoms. The molecule has 7 nitrogen and oxygen atoms in total. The molecule has 186 valence electrons. The van der Waals surface area contributed by atoms with Crippen molar-refractivity contribution in [2.24, 2.45) is 11.7 Å². The zero-order valence-corrected chi connectivity index (χ0v) is 21.2. The molecule has 1 aliphatic carbocycles. The quantitative estimate of drug-likeness (QED) is 0.324. The number of hydrogen-bond acceptors (Lipinski definition) is 5. The minimum atomic E-state index is -4.76. The van der Waals surface area contributed by atoms with Crippen molar-refractivity contribution in [3.8, 4) is 11.3 Å². The maximum atomic E-state index is 14.0. The third kappa shape index (κ3) is 4.28. The highest BCUT2D eigenvalue weighted by Crippen LogP contribution is 2.40. The van der Waals surface area contributed by atoms with Crippen molar-refractivity contribution < 1.29 is 22.8 Å².